The van der Waals surface area contributed by atoms with Crippen LogP contribution in [0.4, 0.5) is 0 Å². The van der Waals surface area contributed by atoms with Crippen molar-refractivity contribution in [1.82, 2.24) is 13.9 Å². The number of hydrogen-bond donors (Lipinski definition) is 1. The maximum atomic E-state index is 12.4. The summed E-state index contributed by atoms with van der Waals surface area (Å²) in [7, 11) is -2.19. The lowest BCUT2D eigenvalue weighted by molar-refractivity contribution is -0.137. The molecule has 1 N–H and O–H groups in total. The molecule has 0 saturated carbocycles. The summed E-state index contributed by atoms with van der Waals surface area (Å²) in [6.07, 6.45) is 1.39. The molecule has 0 aromatic carbocycles. The molecule has 0 amide bonds. The zero-order chi connectivity index (χ0) is 14.8. The first kappa shape index (κ1) is 15.6. The third-order valence-electron chi connectivity index (χ3n) is 2.57. The van der Waals surface area contributed by atoms with Crippen molar-refractivity contribution < 1.29 is 18.3 Å². The Kier molecular flexibility index (Phi) is 4.70. The minimum absolute atomic E-state index is 0.0268. The van der Waals surface area contributed by atoms with Crippen LogP contribution in [-0.4, -0.2) is 46.4 Å². The first-order valence-electron chi connectivity index (χ1n) is 5.86. The van der Waals surface area contributed by atoms with Crippen LogP contribution < -0.4 is 0 Å². The van der Waals surface area contributed by atoms with Gasteiger partial charge in [-0.2, -0.15) is 4.31 Å². The van der Waals surface area contributed by atoms with Crippen molar-refractivity contribution in [3.63, 3.8) is 0 Å². The summed E-state index contributed by atoms with van der Waals surface area (Å²) in [4.78, 5) is 14.8. The number of aryl methyl sites for hydroxylation is 2. The van der Waals surface area contributed by atoms with Gasteiger partial charge < -0.3 is 9.67 Å². The predicted molar refractivity (Wildman–Crippen MR) is 69.2 cm³/mol. The van der Waals surface area contributed by atoms with Crippen molar-refractivity contribution in [2.24, 2.45) is 13.0 Å². The summed E-state index contributed by atoms with van der Waals surface area (Å²) < 4.78 is 27.2. The fourth-order valence-corrected chi connectivity index (χ4v) is 3.17. The Labute approximate surface area is 112 Å². The van der Waals surface area contributed by atoms with Crippen LogP contribution in [0.3, 0.4) is 0 Å². The zero-order valence-electron chi connectivity index (χ0n) is 11.5. The average molecular weight is 289 g/mol. The molecule has 0 unspecified atom stereocenters. The van der Waals surface area contributed by atoms with E-state index in [9.17, 15) is 13.2 Å². The summed E-state index contributed by atoms with van der Waals surface area (Å²) in [5.74, 6) is -0.603. The third kappa shape index (κ3) is 3.77. The largest absolute Gasteiger partial charge is 0.480 e. The van der Waals surface area contributed by atoms with E-state index in [4.69, 9.17) is 5.11 Å². The molecule has 1 aromatic rings. The van der Waals surface area contributed by atoms with Gasteiger partial charge in [0.05, 0.1) is 0 Å². The summed E-state index contributed by atoms with van der Waals surface area (Å²) in [6, 6.07) is 0. The minimum atomic E-state index is -3.87. The van der Waals surface area contributed by atoms with Crippen LogP contribution in [0.1, 0.15) is 19.7 Å². The van der Waals surface area contributed by atoms with E-state index in [1.807, 2.05) is 13.8 Å². The van der Waals surface area contributed by atoms with Crippen molar-refractivity contribution in [3.8, 4) is 0 Å². The molecule has 0 fully saturated rings. The Morgan fingerprint density at radius 2 is 2.11 bits per heavy atom. The number of aliphatic carboxylic acids is 1. The Bertz CT molecular complexity index is 543. The van der Waals surface area contributed by atoms with Crippen LogP contribution in [-0.2, 0) is 21.9 Å². The van der Waals surface area contributed by atoms with Crippen molar-refractivity contribution in [1.29, 1.82) is 0 Å². The number of sulfonamides is 1. The summed E-state index contributed by atoms with van der Waals surface area (Å²) >= 11 is 0. The smallest absolute Gasteiger partial charge is 0.318 e. The number of imidazole rings is 1. The van der Waals surface area contributed by atoms with Crippen molar-refractivity contribution in [3.05, 3.63) is 12.0 Å². The van der Waals surface area contributed by atoms with Gasteiger partial charge in [-0.15, -0.1) is 0 Å². The lowest BCUT2D eigenvalue weighted by Crippen LogP contribution is -2.38. The quantitative estimate of drug-likeness (QED) is 0.821. The van der Waals surface area contributed by atoms with Gasteiger partial charge >= 0.3 is 5.97 Å². The zero-order valence-corrected chi connectivity index (χ0v) is 12.3. The summed E-state index contributed by atoms with van der Waals surface area (Å²) in [5.41, 5.74) is 0. The van der Waals surface area contributed by atoms with Gasteiger partial charge in [-0.1, -0.05) is 13.8 Å². The molecule has 0 saturated heterocycles. The van der Waals surface area contributed by atoms with Crippen LogP contribution in [0.5, 0.6) is 0 Å². The lowest BCUT2D eigenvalue weighted by atomic mass is 10.2. The monoisotopic (exact) mass is 289 g/mol. The number of carboxylic acids is 1. The van der Waals surface area contributed by atoms with Gasteiger partial charge in [0.1, 0.15) is 12.4 Å². The van der Waals surface area contributed by atoms with Gasteiger partial charge in [-0.3, -0.25) is 4.79 Å². The maximum Gasteiger partial charge on any atom is 0.318 e. The molecule has 0 aliphatic rings. The molecule has 0 aliphatic heterocycles. The van der Waals surface area contributed by atoms with Crippen LogP contribution in [0.15, 0.2) is 11.2 Å². The van der Waals surface area contributed by atoms with E-state index in [2.05, 4.69) is 4.98 Å². The fourth-order valence-electron chi connectivity index (χ4n) is 1.59. The highest BCUT2D eigenvalue weighted by atomic mass is 32.2. The number of carboxylic acid groups (broad SMARTS) is 1. The highest BCUT2D eigenvalue weighted by Gasteiger charge is 2.29. The van der Waals surface area contributed by atoms with Crippen molar-refractivity contribution in [2.45, 2.75) is 25.8 Å². The SMILES string of the molecule is Cc1nc(S(=O)(=O)N(CC(=O)O)CC(C)C)cn1C. The molecular weight excluding hydrogens is 270 g/mol. The van der Waals surface area contributed by atoms with Crippen LogP contribution >= 0.6 is 0 Å². The second-order valence-corrected chi connectivity index (χ2v) is 6.71. The van der Waals surface area contributed by atoms with Gasteiger partial charge in [0.15, 0.2) is 5.03 Å². The predicted octanol–water partition coefficient (Wildman–Crippen LogP) is 0.460. The Morgan fingerprint density at radius 1 is 1.53 bits per heavy atom. The number of aromatic nitrogens is 2. The topological polar surface area (TPSA) is 92.5 Å². The van der Waals surface area contributed by atoms with Gasteiger partial charge in [0.2, 0.25) is 0 Å². The summed E-state index contributed by atoms with van der Waals surface area (Å²) in [5, 5.41) is 8.72. The summed E-state index contributed by atoms with van der Waals surface area (Å²) in [6.45, 7) is 4.92. The molecule has 7 nitrogen and oxygen atoms in total. The third-order valence-corrected chi connectivity index (χ3v) is 4.25. The number of nitrogens with zero attached hydrogens (tertiary/aromatic N) is 3. The van der Waals surface area contributed by atoms with E-state index >= 15 is 0 Å². The molecule has 1 aromatic heterocycles. The highest BCUT2D eigenvalue weighted by Crippen LogP contribution is 2.16. The molecular formula is C11H19N3O4S. The van der Waals surface area contributed by atoms with Gasteiger partial charge in [-0.05, 0) is 12.8 Å². The van der Waals surface area contributed by atoms with E-state index in [1.165, 1.54) is 6.20 Å². The molecule has 8 heteroatoms. The molecule has 1 rings (SSSR count). The van der Waals surface area contributed by atoms with Crippen molar-refractivity contribution in [2.75, 3.05) is 13.1 Å². The second-order valence-electron chi connectivity index (χ2n) is 4.82. The first-order chi connectivity index (χ1) is 8.64. The van der Waals surface area contributed by atoms with E-state index in [0.29, 0.717) is 5.82 Å². The molecule has 0 spiro atoms. The molecule has 0 radical (unpaired) electrons. The number of carbonyl (C=O) groups is 1. The van der Waals surface area contributed by atoms with Crippen LogP contribution in [0, 0.1) is 12.8 Å². The number of hydrogen-bond acceptors (Lipinski definition) is 4. The van der Waals surface area contributed by atoms with E-state index in [0.717, 1.165) is 4.31 Å². The lowest BCUT2D eigenvalue weighted by Gasteiger charge is -2.20. The van der Waals surface area contributed by atoms with Crippen LogP contribution in [0.2, 0.25) is 0 Å². The van der Waals surface area contributed by atoms with E-state index < -0.39 is 22.5 Å². The standard InChI is InChI=1S/C11H19N3O4S/c1-8(2)5-14(7-11(15)16)19(17,18)10-6-13(4)9(3)12-10/h6,8H,5,7H2,1-4H3,(H,15,16). The average Bonchev–Trinajstić information content (AvgIpc) is 2.57. The molecule has 19 heavy (non-hydrogen) atoms. The minimum Gasteiger partial charge on any atom is -0.480 e. The maximum absolute atomic E-state index is 12.4. The Balaban J connectivity index is 3.14. The second kappa shape index (κ2) is 5.70. The van der Waals surface area contributed by atoms with Gasteiger partial charge in [0.25, 0.3) is 10.0 Å². The Morgan fingerprint density at radius 3 is 2.47 bits per heavy atom. The normalized spacial score (nSPS) is 12.3. The van der Waals surface area contributed by atoms with Gasteiger partial charge in [-0.25, -0.2) is 13.4 Å². The number of rotatable bonds is 6. The van der Waals surface area contributed by atoms with Gasteiger partial charge in [0, 0.05) is 19.8 Å². The van der Waals surface area contributed by atoms with E-state index in [1.54, 1.807) is 18.5 Å². The molecule has 0 aliphatic carbocycles. The van der Waals surface area contributed by atoms with Crippen LogP contribution in [0.25, 0.3) is 0 Å². The molecule has 0 bridgehead atoms. The molecule has 0 atom stereocenters. The molecule has 1 heterocycles. The highest BCUT2D eigenvalue weighted by molar-refractivity contribution is 7.89. The molecule has 108 valence electrons. The Hall–Kier alpha value is -1.41. The van der Waals surface area contributed by atoms with E-state index in [-0.39, 0.29) is 17.5 Å². The first-order valence-corrected chi connectivity index (χ1v) is 7.30. The fraction of sp³-hybridized carbons (Fsp3) is 0.636. The van der Waals surface area contributed by atoms with Crippen molar-refractivity contribution >= 4 is 16.0 Å².